The first-order valence-corrected chi connectivity index (χ1v) is 6.53. The Labute approximate surface area is 116 Å². The van der Waals surface area contributed by atoms with Crippen LogP contribution in [0.1, 0.15) is 12.5 Å². The normalized spacial score (nSPS) is 16.3. The lowest BCUT2D eigenvalue weighted by atomic mass is 10.0. The van der Waals surface area contributed by atoms with E-state index in [9.17, 15) is 0 Å². The summed E-state index contributed by atoms with van der Waals surface area (Å²) in [6.45, 7) is 6.23. The van der Waals surface area contributed by atoms with Crippen molar-refractivity contribution in [1.29, 1.82) is 0 Å². The fraction of sp³-hybridized carbons (Fsp3) is 0.143. The maximum absolute atomic E-state index is 4.11. The maximum Gasteiger partial charge on any atom is 0.0679 e. The summed E-state index contributed by atoms with van der Waals surface area (Å²) in [5, 5.41) is 2.03. The molecule has 0 bridgehead atoms. The highest BCUT2D eigenvalue weighted by Gasteiger charge is 2.21. The number of halogens is 1. The molecule has 3 heteroatoms. The van der Waals surface area contributed by atoms with Crippen LogP contribution in [-0.4, -0.2) is 12.1 Å². The van der Waals surface area contributed by atoms with E-state index in [0.717, 1.165) is 9.28 Å². The van der Waals surface area contributed by atoms with E-state index in [1.165, 1.54) is 16.8 Å². The number of benzene rings is 1. The highest BCUT2D eigenvalue weighted by atomic mass is 127. The third-order valence-electron chi connectivity index (χ3n) is 2.76. The van der Waals surface area contributed by atoms with Gasteiger partial charge in [0, 0.05) is 10.6 Å². The van der Waals surface area contributed by atoms with Gasteiger partial charge < -0.3 is 0 Å². The molecular formula is C14H15IN2. The van der Waals surface area contributed by atoms with Gasteiger partial charge in [0.1, 0.15) is 0 Å². The molecule has 0 unspecified atom stereocenters. The average molecular weight is 338 g/mol. The average Bonchev–Trinajstić information content (AvgIpc) is 2.34. The summed E-state index contributed by atoms with van der Waals surface area (Å²) >= 11 is 2.31. The van der Waals surface area contributed by atoms with Crippen molar-refractivity contribution >= 4 is 28.3 Å². The predicted molar refractivity (Wildman–Crippen MR) is 81.2 cm³/mol. The number of hydrazine groups is 1. The van der Waals surface area contributed by atoms with Gasteiger partial charge in [0.2, 0.25) is 0 Å². The fourth-order valence-corrected chi connectivity index (χ4v) is 2.67. The summed E-state index contributed by atoms with van der Waals surface area (Å²) in [4.78, 5) is 0. The Balaban J connectivity index is 2.56. The number of hydrogen-bond acceptors (Lipinski definition) is 2. The minimum absolute atomic E-state index is 0.984. The van der Waals surface area contributed by atoms with E-state index >= 15 is 0 Å². The molecule has 0 aliphatic carbocycles. The van der Waals surface area contributed by atoms with E-state index in [0.29, 0.717) is 0 Å². The van der Waals surface area contributed by atoms with Gasteiger partial charge in [-0.15, -0.1) is 0 Å². The van der Waals surface area contributed by atoms with Crippen LogP contribution < -0.4 is 5.43 Å². The predicted octanol–water partition coefficient (Wildman–Crippen LogP) is 3.70. The van der Waals surface area contributed by atoms with E-state index in [1.54, 1.807) is 0 Å². The minimum atomic E-state index is 0.984. The Kier molecular flexibility index (Phi) is 3.69. The number of hydrogen-bond donors (Lipinski definition) is 1. The van der Waals surface area contributed by atoms with Crippen LogP contribution >= 0.6 is 22.6 Å². The minimum Gasteiger partial charge on any atom is -0.276 e. The van der Waals surface area contributed by atoms with Crippen LogP contribution in [0.2, 0.25) is 0 Å². The SMILES string of the molecule is C=C1C(I)=CC(C)=C(c2ccccc2)N1NC. The molecule has 0 spiro atoms. The van der Waals surface area contributed by atoms with Gasteiger partial charge in [-0.3, -0.25) is 5.01 Å². The smallest absolute Gasteiger partial charge is 0.0679 e. The quantitative estimate of drug-likeness (QED) is 0.828. The standard InChI is InChI=1S/C14H15IN2/c1-10-9-13(15)11(2)17(16-3)14(10)12-7-5-4-6-8-12/h4-9,16H,2H2,1,3H3. The van der Waals surface area contributed by atoms with Gasteiger partial charge in [0.05, 0.1) is 11.4 Å². The van der Waals surface area contributed by atoms with E-state index in [4.69, 9.17) is 0 Å². The van der Waals surface area contributed by atoms with Crippen LogP contribution in [0.5, 0.6) is 0 Å². The van der Waals surface area contributed by atoms with Crippen LogP contribution in [0.3, 0.4) is 0 Å². The third kappa shape index (κ3) is 2.30. The topological polar surface area (TPSA) is 15.3 Å². The van der Waals surface area contributed by atoms with Crippen LogP contribution in [-0.2, 0) is 0 Å². The summed E-state index contributed by atoms with van der Waals surface area (Å²) in [5.41, 5.74) is 7.78. The summed E-state index contributed by atoms with van der Waals surface area (Å²) in [5.74, 6) is 0. The molecule has 17 heavy (non-hydrogen) atoms. The highest BCUT2D eigenvalue weighted by Crippen LogP contribution is 2.35. The lowest BCUT2D eigenvalue weighted by Crippen LogP contribution is -2.34. The Morgan fingerprint density at radius 1 is 1.24 bits per heavy atom. The van der Waals surface area contributed by atoms with Crippen LogP contribution in [0.4, 0.5) is 0 Å². The van der Waals surface area contributed by atoms with E-state index in [1.807, 2.05) is 18.1 Å². The van der Waals surface area contributed by atoms with Gasteiger partial charge in [-0.2, -0.15) is 0 Å². The second-order valence-electron chi connectivity index (χ2n) is 3.90. The summed E-state index contributed by atoms with van der Waals surface area (Å²) in [6.07, 6.45) is 2.17. The maximum atomic E-state index is 4.11. The second kappa shape index (κ2) is 5.06. The molecule has 2 nitrogen and oxygen atoms in total. The van der Waals surface area contributed by atoms with Gasteiger partial charge in [0.25, 0.3) is 0 Å². The highest BCUT2D eigenvalue weighted by molar-refractivity contribution is 14.1. The van der Waals surface area contributed by atoms with Gasteiger partial charge in [0.15, 0.2) is 0 Å². The lowest BCUT2D eigenvalue weighted by molar-refractivity contribution is 0.403. The molecule has 0 saturated carbocycles. The van der Waals surface area contributed by atoms with Crippen molar-refractivity contribution in [3.8, 4) is 0 Å². The molecule has 0 radical (unpaired) electrons. The molecule has 1 N–H and O–H groups in total. The lowest BCUT2D eigenvalue weighted by Gasteiger charge is -2.32. The fourth-order valence-electron chi connectivity index (χ4n) is 1.96. The number of rotatable bonds is 2. The molecule has 2 rings (SSSR count). The van der Waals surface area contributed by atoms with Gasteiger partial charge >= 0.3 is 0 Å². The van der Waals surface area contributed by atoms with Crippen molar-refractivity contribution in [1.82, 2.24) is 10.4 Å². The Morgan fingerprint density at radius 3 is 2.47 bits per heavy atom. The first-order valence-electron chi connectivity index (χ1n) is 5.45. The molecular weight excluding hydrogens is 323 g/mol. The van der Waals surface area contributed by atoms with Crippen molar-refractivity contribution in [3.63, 3.8) is 0 Å². The van der Waals surface area contributed by atoms with Crippen molar-refractivity contribution in [2.24, 2.45) is 0 Å². The Hall–Kier alpha value is -1.07. The second-order valence-corrected chi connectivity index (χ2v) is 5.06. The molecule has 1 heterocycles. The van der Waals surface area contributed by atoms with Crippen molar-refractivity contribution in [2.75, 3.05) is 7.05 Å². The first kappa shape index (κ1) is 12.4. The Bertz CT molecular complexity index is 500. The zero-order valence-electron chi connectivity index (χ0n) is 10.00. The molecule has 88 valence electrons. The molecule has 1 aromatic carbocycles. The molecule has 0 atom stereocenters. The largest absolute Gasteiger partial charge is 0.276 e. The van der Waals surface area contributed by atoms with Crippen LogP contribution in [0.15, 0.2) is 57.8 Å². The van der Waals surface area contributed by atoms with E-state index in [-0.39, 0.29) is 0 Å². The van der Waals surface area contributed by atoms with Gasteiger partial charge in [-0.25, -0.2) is 5.43 Å². The van der Waals surface area contributed by atoms with Gasteiger partial charge in [-0.05, 0) is 46.7 Å². The van der Waals surface area contributed by atoms with Crippen molar-refractivity contribution in [3.05, 3.63) is 63.4 Å². The molecule has 0 saturated heterocycles. The molecule has 0 fully saturated rings. The zero-order chi connectivity index (χ0) is 12.4. The van der Waals surface area contributed by atoms with Crippen LogP contribution in [0, 0.1) is 0 Å². The first-order chi connectivity index (χ1) is 8.15. The van der Waals surface area contributed by atoms with E-state index in [2.05, 4.69) is 71.9 Å². The number of allylic oxidation sites excluding steroid dienone is 3. The van der Waals surface area contributed by atoms with Crippen molar-refractivity contribution in [2.45, 2.75) is 6.92 Å². The molecule has 1 aromatic rings. The number of nitrogens with one attached hydrogen (secondary N) is 1. The zero-order valence-corrected chi connectivity index (χ0v) is 12.2. The van der Waals surface area contributed by atoms with Crippen molar-refractivity contribution < 1.29 is 0 Å². The summed E-state index contributed by atoms with van der Waals surface area (Å²) in [6, 6.07) is 10.4. The molecule has 1 aliphatic rings. The Morgan fingerprint density at radius 2 is 1.88 bits per heavy atom. The monoisotopic (exact) mass is 338 g/mol. The van der Waals surface area contributed by atoms with Crippen LogP contribution in [0.25, 0.3) is 5.70 Å². The molecule has 0 aromatic heterocycles. The number of nitrogens with zero attached hydrogens (tertiary/aromatic N) is 1. The molecule has 1 aliphatic heterocycles. The summed E-state index contributed by atoms with van der Waals surface area (Å²) in [7, 11) is 1.91. The summed E-state index contributed by atoms with van der Waals surface area (Å²) < 4.78 is 1.16. The third-order valence-corrected chi connectivity index (χ3v) is 3.69. The van der Waals surface area contributed by atoms with E-state index < -0.39 is 0 Å². The molecule has 0 amide bonds. The van der Waals surface area contributed by atoms with Gasteiger partial charge in [-0.1, -0.05) is 36.9 Å².